The minimum atomic E-state index is 0.140. The zero-order chi connectivity index (χ0) is 24.4. The summed E-state index contributed by atoms with van der Waals surface area (Å²) >= 11 is 6.14. The predicted octanol–water partition coefficient (Wildman–Crippen LogP) is 5.44. The fraction of sp³-hybridized carbons (Fsp3) is 0.222. The number of aromatic nitrogens is 3. The molecule has 0 fully saturated rings. The number of nitrogens with two attached hydrogens (primary N) is 1. The SMILES string of the molecule is Cc1cc(-c2cnc(N)c(OCc3cc(Cl)ncc3Oc3ccccc3)n2)cc2c1CCN(C)C2. The first-order valence-electron chi connectivity index (χ1n) is 11.4. The van der Waals surface area contributed by atoms with Crippen LogP contribution in [0, 0.1) is 6.92 Å². The molecule has 8 heteroatoms. The predicted molar refractivity (Wildman–Crippen MR) is 137 cm³/mol. The zero-order valence-corrected chi connectivity index (χ0v) is 20.4. The number of anilines is 1. The molecule has 5 rings (SSSR count). The fourth-order valence-electron chi connectivity index (χ4n) is 4.26. The highest BCUT2D eigenvalue weighted by Gasteiger charge is 2.18. The van der Waals surface area contributed by atoms with Crippen LogP contribution in [0.2, 0.25) is 5.15 Å². The lowest BCUT2D eigenvalue weighted by Crippen LogP contribution is -2.27. The van der Waals surface area contributed by atoms with Gasteiger partial charge in [-0.05, 0) is 67.4 Å². The van der Waals surface area contributed by atoms with E-state index in [9.17, 15) is 0 Å². The number of nitrogen functional groups attached to an aromatic ring is 1. The molecule has 0 unspecified atom stereocenters. The molecule has 2 N–H and O–H groups in total. The quantitative estimate of drug-likeness (QED) is 0.362. The van der Waals surface area contributed by atoms with E-state index in [-0.39, 0.29) is 18.3 Å². The number of rotatable bonds is 6. The molecule has 0 saturated heterocycles. The van der Waals surface area contributed by atoms with E-state index in [1.807, 2.05) is 30.3 Å². The van der Waals surface area contributed by atoms with Crippen LogP contribution < -0.4 is 15.2 Å². The van der Waals surface area contributed by atoms with Crippen molar-refractivity contribution in [3.8, 4) is 28.6 Å². The summed E-state index contributed by atoms with van der Waals surface area (Å²) in [6.45, 7) is 4.28. The number of fused-ring (bicyclic) bond motifs is 1. The van der Waals surface area contributed by atoms with Crippen molar-refractivity contribution in [2.75, 3.05) is 19.3 Å². The lowest BCUT2D eigenvalue weighted by molar-refractivity contribution is 0.289. The monoisotopic (exact) mass is 487 g/mol. The van der Waals surface area contributed by atoms with Crippen molar-refractivity contribution in [1.29, 1.82) is 0 Å². The Morgan fingerprint density at radius 2 is 1.91 bits per heavy atom. The summed E-state index contributed by atoms with van der Waals surface area (Å²) in [6.07, 6.45) is 4.32. The molecule has 1 aliphatic heterocycles. The van der Waals surface area contributed by atoms with Gasteiger partial charge in [-0.2, -0.15) is 0 Å². The van der Waals surface area contributed by atoms with Crippen LogP contribution in [0.5, 0.6) is 17.4 Å². The Morgan fingerprint density at radius 3 is 2.74 bits per heavy atom. The minimum absolute atomic E-state index is 0.140. The zero-order valence-electron chi connectivity index (χ0n) is 19.7. The molecule has 4 aromatic rings. The van der Waals surface area contributed by atoms with Gasteiger partial charge in [0.15, 0.2) is 11.6 Å². The first-order valence-corrected chi connectivity index (χ1v) is 11.8. The lowest BCUT2D eigenvalue weighted by atomic mass is 9.92. The van der Waals surface area contributed by atoms with Crippen molar-refractivity contribution < 1.29 is 9.47 Å². The van der Waals surface area contributed by atoms with Crippen molar-refractivity contribution >= 4 is 17.4 Å². The third-order valence-electron chi connectivity index (χ3n) is 6.06. The Hall–Kier alpha value is -3.68. The second kappa shape index (κ2) is 9.90. The summed E-state index contributed by atoms with van der Waals surface area (Å²) in [5.74, 6) is 1.70. The van der Waals surface area contributed by atoms with Gasteiger partial charge in [0.1, 0.15) is 17.5 Å². The van der Waals surface area contributed by atoms with Gasteiger partial charge in [-0.1, -0.05) is 29.8 Å². The van der Waals surface area contributed by atoms with Gasteiger partial charge < -0.3 is 20.1 Å². The number of aryl methyl sites for hydroxylation is 1. The van der Waals surface area contributed by atoms with Crippen LogP contribution in [-0.4, -0.2) is 33.4 Å². The van der Waals surface area contributed by atoms with Crippen molar-refractivity contribution in [3.05, 3.63) is 88.3 Å². The number of nitrogens with zero attached hydrogens (tertiary/aromatic N) is 4. The average molecular weight is 488 g/mol. The van der Waals surface area contributed by atoms with Crippen LogP contribution in [0.25, 0.3) is 11.3 Å². The van der Waals surface area contributed by atoms with E-state index in [1.54, 1.807) is 18.5 Å². The molecule has 0 atom stereocenters. The first kappa shape index (κ1) is 23.1. The third kappa shape index (κ3) is 5.21. The summed E-state index contributed by atoms with van der Waals surface area (Å²) in [6, 6.07) is 15.5. The van der Waals surface area contributed by atoms with E-state index in [0.717, 1.165) is 25.1 Å². The Balaban J connectivity index is 1.40. The summed E-state index contributed by atoms with van der Waals surface area (Å²) in [7, 11) is 2.14. The van der Waals surface area contributed by atoms with E-state index >= 15 is 0 Å². The molecule has 178 valence electrons. The molecule has 0 amide bonds. The second-order valence-electron chi connectivity index (χ2n) is 8.68. The van der Waals surface area contributed by atoms with Crippen LogP contribution in [0.3, 0.4) is 0 Å². The summed E-state index contributed by atoms with van der Waals surface area (Å²) in [4.78, 5) is 15.5. The van der Waals surface area contributed by atoms with Gasteiger partial charge in [-0.25, -0.2) is 15.0 Å². The molecule has 3 heterocycles. The maximum absolute atomic E-state index is 6.14. The topological polar surface area (TPSA) is 86.4 Å². The van der Waals surface area contributed by atoms with Gasteiger partial charge >= 0.3 is 0 Å². The number of hydrogen-bond acceptors (Lipinski definition) is 7. The van der Waals surface area contributed by atoms with Crippen molar-refractivity contribution in [2.45, 2.75) is 26.5 Å². The Kier molecular flexibility index (Phi) is 6.53. The fourth-order valence-corrected chi connectivity index (χ4v) is 4.44. The molecule has 2 aromatic heterocycles. The molecule has 2 aromatic carbocycles. The largest absolute Gasteiger partial charge is 0.470 e. The maximum Gasteiger partial charge on any atom is 0.258 e. The Bertz CT molecular complexity index is 1360. The molecule has 1 aliphatic rings. The highest BCUT2D eigenvalue weighted by molar-refractivity contribution is 6.29. The highest BCUT2D eigenvalue weighted by Crippen LogP contribution is 2.31. The normalized spacial score (nSPS) is 13.3. The lowest BCUT2D eigenvalue weighted by Gasteiger charge is -2.27. The molecule has 0 aliphatic carbocycles. The standard InChI is InChI=1S/C27H26ClN5O2/c1-17-10-18(11-19-15-33(2)9-8-22(17)19)23-13-31-26(29)27(32-23)34-16-20-12-25(28)30-14-24(20)35-21-6-4-3-5-7-21/h3-7,10-14H,8-9,15-16H2,1-2H3,(H2,29,31). The van der Waals surface area contributed by atoms with Crippen molar-refractivity contribution in [1.82, 2.24) is 19.9 Å². The van der Waals surface area contributed by atoms with Gasteiger partial charge in [0.05, 0.1) is 18.1 Å². The molecular formula is C27H26ClN5O2. The van der Waals surface area contributed by atoms with Gasteiger partial charge in [0.25, 0.3) is 5.88 Å². The molecule has 35 heavy (non-hydrogen) atoms. The minimum Gasteiger partial charge on any atom is -0.470 e. The summed E-state index contributed by atoms with van der Waals surface area (Å²) < 4.78 is 12.0. The van der Waals surface area contributed by atoms with E-state index < -0.39 is 0 Å². The van der Waals surface area contributed by atoms with Crippen LogP contribution in [0.1, 0.15) is 22.3 Å². The third-order valence-corrected chi connectivity index (χ3v) is 6.27. The molecular weight excluding hydrogens is 462 g/mol. The number of benzene rings is 2. The van der Waals surface area contributed by atoms with Crippen molar-refractivity contribution in [2.24, 2.45) is 0 Å². The number of halogens is 1. The van der Waals surface area contributed by atoms with Gasteiger partial charge in [-0.3, -0.25) is 0 Å². The Labute approximate surface area is 209 Å². The van der Waals surface area contributed by atoms with E-state index in [4.69, 9.17) is 26.8 Å². The number of para-hydroxylation sites is 1. The van der Waals surface area contributed by atoms with Crippen LogP contribution >= 0.6 is 11.6 Å². The van der Waals surface area contributed by atoms with Gasteiger partial charge in [0, 0.05) is 24.2 Å². The van der Waals surface area contributed by atoms with Crippen LogP contribution in [0.4, 0.5) is 5.82 Å². The summed E-state index contributed by atoms with van der Waals surface area (Å²) in [5.41, 5.74) is 12.5. The molecule has 7 nitrogen and oxygen atoms in total. The molecule has 0 bridgehead atoms. The molecule has 0 radical (unpaired) electrons. The average Bonchev–Trinajstić information content (AvgIpc) is 2.85. The van der Waals surface area contributed by atoms with Crippen molar-refractivity contribution in [3.63, 3.8) is 0 Å². The van der Waals surface area contributed by atoms with Crippen LogP contribution in [-0.2, 0) is 19.6 Å². The maximum atomic E-state index is 6.14. The van der Waals surface area contributed by atoms with Gasteiger partial charge in [0.2, 0.25) is 0 Å². The van der Waals surface area contributed by atoms with E-state index in [1.165, 1.54) is 16.7 Å². The van der Waals surface area contributed by atoms with E-state index in [2.05, 4.69) is 46.0 Å². The number of likely N-dealkylation sites (N-methyl/N-ethyl adjacent to an activating group) is 1. The second-order valence-corrected chi connectivity index (χ2v) is 9.07. The highest BCUT2D eigenvalue weighted by atomic mass is 35.5. The molecule has 0 spiro atoms. The van der Waals surface area contributed by atoms with E-state index in [0.29, 0.717) is 27.9 Å². The number of hydrogen-bond donors (Lipinski definition) is 1. The molecule has 0 saturated carbocycles. The smallest absolute Gasteiger partial charge is 0.258 e. The first-order chi connectivity index (χ1) is 17.0. The number of pyridine rings is 1. The van der Waals surface area contributed by atoms with Crippen LogP contribution in [0.15, 0.2) is 60.9 Å². The Morgan fingerprint density at radius 1 is 1.09 bits per heavy atom. The summed E-state index contributed by atoms with van der Waals surface area (Å²) in [5, 5.41) is 0.339. The number of ether oxygens (including phenoxy) is 2. The van der Waals surface area contributed by atoms with Gasteiger partial charge in [-0.15, -0.1) is 0 Å².